The van der Waals surface area contributed by atoms with Crippen LogP contribution in [0.4, 0.5) is 0 Å². The molecule has 2 rings (SSSR count). The number of carbonyl (C=O) groups is 1. The number of carbonyl (C=O) groups excluding carboxylic acids is 1. The van der Waals surface area contributed by atoms with E-state index in [4.69, 9.17) is 0 Å². The molecular weight excluding hydrogens is 250 g/mol. The van der Waals surface area contributed by atoms with Gasteiger partial charge in [0.05, 0.1) is 6.04 Å². The zero-order valence-corrected chi connectivity index (χ0v) is 13.2. The summed E-state index contributed by atoms with van der Waals surface area (Å²) in [5.74, 6) is 0.358. The van der Waals surface area contributed by atoms with Gasteiger partial charge in [0.2, 0.25) is 5.91 Å². The molecule has 0 aromatic carbocycles. The lowest BCUT2D eigenvalue weighted by molar-refractivity contribution is -0.135. The summed E-state index contributed by atoms with van der Waals surface area (Å²) in [5, 5.41) is 3.42. The molecule has 20 heavy (non-hydrogen) atoms. The van der Waals surface area contributed by atoms with E-state index in [1.807, 2.05) is 11.9 Å². The minimum absolute atomic E-state index is 0.157. The molecular formula is C16H31N3O. The van der Waals surface area contributed by atoms with Gasteiger partial charge >= 0.3 is 0 Å². The third-order valence-corrected chi connectivity index (χ3v) is 4.83. The van der Waals surface area contributed by atoms with Gasteiger partial charge in [-0.15, -0.1) is 0 Å². The normalized spacial score (nSPS) is 25.0. The number of likely N-dealkylation sites (tertiary alicyclic amines) is 1. The minimum Gasteiger partial charge on any atom is -0.344 e. The van der Waals surface area contributed by atoms with E-state index in [0.29, 0.717) is 11.9 Å². The van der Waals surface area contributed by atoms with Gasteiger partial charge in [-0.05, 0) is 51.7 Å². The molecule has 0 saturated carbocycles. The van der Waals surface area contributed by atoms with E-state index in [-0.39, 0.29) is 6.04 Å². The molecule has 2 saturated heterocycles. The van der Waals surface area contributed by atoms with Crippen LogP contribution in [0.2, 0.25) is 0 Å². The Morgan fingerprint density at radius 3 is 2.70 bits per heavy atom. The number of hydrogen-bond donors (Lipinski definition) is 1. The molecule has 4 nitrogen and oxygen atoms in total. The summed E-state index contributed by atoms with van der Waals surface area (Å²) in [6.07, 6.45) is 8.21. The fourth-order valence-electron chi connectivity index (χ4n) is 3.59. The molecule has 0 aromatic heterocycles. The first-order valence-electron chi connectivity index (χ1n) is 8.45. The van der Waals surface area contributed by atoms with E-state index in [2.05, 4.69) is 17.1 Å². The second kappa shape index (κ2) is 7.99. The van der Waals surface area contributed by atoms with E-state index in [1.165, 1.54) is 32.1 Å². The highest BCUT2D eigenvalue weighted by Crippen LogP contribution is 2.25. The number of rotatable bonds is 6. The van der Waals surface area contributed by atoms with Crippen molar-refractivity contribution in [3.63, 3.8) is 0 Å². The summed E-state index contributed by atoms with van der Waals surface area (Å²) in [4.78, 5) is 17.1. The smallest absolute Gasteiger partial charge is 0.239 e. The largest absolute Gasteiger partial charge is 0.344 e. The molecule has 0 aliphatic carbocycles. The number of hydrogen-bond acceptors (Lipinski definition) is 3. The second-order valence-electron chi connectivity index (χ2n) is 6.34. The summed E-state index contributed by atoms with van der Waals surface area (Å²) in [6.45, 7) is 6.45. The fraction of sp³-hybridized carbons (Fsp3) is 0.938. The summed E-state index contributed by atoms with van der Waals surface area (Å²) in [7, 11) is 1.98. The minimum atomic E-state index is 0.157. The van der Waals surface area contributed by atoms with Crippen molar-refractivity contribution in [3.05, 3.63) is 0 Å². The lowest BCUT2D eigenvalue weighted by Crippen LogP contribution is -2.51. The molecule has 2 aliphatic heterocycles. The number of amides is 1. The highest BCUT2D eigenvalue weighted by molar-refractivity contribution is 5.82. The molecule has 2 aliphatic rings. The van der Waals surface area contributed by atoms with Gasteiger partial charge in [-0.2, -0.15) is 0 Å². The molecule has 2 heterocycles. The Labute approximate surface area is 123 Å². The van der Waals surface area contributed by atoms with E-state index in [0.717, 1.165) is 39.0 Å². The van der Waals surface area contributed by atoms with Crippen molar-refractivity contribution in [3.8, 4) is 0 Å². The van der Waals surface area contributed by atoms with Crippen molar-refractivity contribution >= 4 is 5.91 Å². The maximum atomic E-state index is 12.7. The van der Waals surface area contributed by atoms with Crippen LogP contribution < -0.4 is 5.32 Å². The molecule has 0 aromatic rings. The molecule has 1 N–H and O–H groups in total. The Morgan fingerprint density at radius 1 is 1.25 bits per heavy atom. The highest BCUT2D eigenvalue weighted by Gasteiger charge is 2.36. The second-order valence-corrected chi connectivity index (χ2v) is 6.34. The van der Waals surface area contributed by atoms with E-state index >= 15 is 0 Å². The lowest BCUT2D eigenvalue weighted by Gasteiger charge is -2.36. The van der Waals surface area contributed by atoms with Crippen LogP contribution in [0.15, 0.2) is 0 Å². The molecule has 4 heteroatoms. The van der Waals surface area contributed by atoms with Crippen LogP contribution >= 0.6 is 0 Å². The zero-order valence-electron chi connectivity index (χ0n) is 13.2. The Morgan fingerprint density at radius 2 is 2.00 bits per heavy atom. The third-order valence-electron chi connectivity index (χ3n) is 4.83. The predicted octanol–water partition coefficient (Wildman–Crippen LogP) is 1.85. The molecule has 2 fully saturated rings. The molecule has 1 unspecified atom stereocenters. The Bertz CT molecular complexity index is 302. The average molecular weight is 281 g/mol. The molecule has 116 valence electrons. The molecule has 0 radical (unpaired) electrons. The fourth-order valence-corrected chi connectivity index (χ4v) is 3.59. The molecule has 1 amide bonds. The average Bonchev–Trinajstić information content (AvgIpc) is 2.97. The van der Waals surface area contributed by atoms with Gasteiger partial charge in [0.25, 0.3) is 0 Å². The maximum absolute atomic E-state index is 12.7. The van der Waals surface area contributed by atoms with Crippen molar-refractivity contribution in [1.82, 2.24) is 15.1 Å². The van der Waals surface area contributed by atoms with Gasteiger partial charge in [0.1, 0.15) is 0 Å². The van der Waals surface area contributed by atoms with Crippen molar-refractivity contribution in [2.24, 2.45) is 0 Å². The van der Waals surface area contributed by atoms with Crippen LogP contribution in [0, 0.1) is 0 Å². The van der Waals surface area contributed by atoms with Gasteiger partial charge in [-0.3, -0.25) is 9.69 Å². The van der Waals surface area contributed by atoms with Crippen molar-refractivity contribution in [2.45, 2.75) is 64.0 Å². The number of unbranched alkanes of at least 4 members (excludes halogenated alkanes) is 2. The van der Waals surface area contributed by atoms with Crippen molar-refractivity contribution in [2.75, 3.05) is 33.2 Å². The Kier molecular flexibility index (Phi) is 6.30. The molecule has 1 atom stereocenters. The van der Waals surface area contributed by atoms with Gasteiger partial charge in [-0.25, -0.2) is 0 Å². The van der Waals surface area contributed by atoms with Crippen LogP contribution in [0.1, 0.15) is 51.9 Å². The Hall–Kier alpha value is -0.610. The van der Waals surface area contributed by atoms with Crippen molar-refractivity contribution in [1.29, 1.82) is 0 Å². The highest BCUT2D eigenvalue weighted by atomic mass is 16.2. The van der Waals surface area contributed by atoms with Gasteiger partial charge in [-0.1, -0.05) is 19.8 Å². The first kappa shape index (κ1) is 15.8. The molecule has 0 spiro atoms. The van der Waals surface area contributed by atoms with Crippen molar-refractivity contribution < 1.29 is 4.79 Å². The summed E-state index contributed by atoms with van der Waals surface area (Å²) in [5.41, 5.74) is 0. The molecule has 0 bridgehead atoms. The first-order valence-corrected chi connectivity index (χ1v) is 8.45. The van der Waals surface area contributed by atoms with Crippen LogP contribution in [0.5, 0.6) is 0 Å². The topological polar surface area (TPSA) is 35.6 Å². The summed E-state index contributed by atoms with van der Waals surface area (Å²) >= 11 is 0. The van der Waals surface area contributed by atoms with Gasteiger partial charge in [0, 0.05) is 19.6 Å². The number of nitrogens with one attached hydrogen (secondary N) is 1. The standard InChI is InChI=1S/C16H31N3O/c1-3-4-5-12-18(2)16(20)15-7-6-13-19(15)14-8-10-17-11-9-14/h14-15,17H,3-13H2,1-2H3. The number of piperidine rings is 1. The lowest BCUT2D eigenvalue weighted by atomic mass is 10.0. The Balaban J connectivity index is 1.86. The first-order chi connectivity index (χ1) is 9.74. The quantitative estimate of drug-likeness (QED) is 0.755. The predicted molar refractivity (Wildman–Crippen MR) is 82.8 cm³/mol. The van der Waals surface area contributed by atoms with Gasteiger partial charge < -0.3 is 10.2 Å². The van der Waals surface area contributed by atoms with E-state index in [1.54, 1.807) is 0 Å². The van der Waals surface area contributed by atoms with Crippen LogP contribution in [0.3, 0.4) is 0 Å². The van der Waals surface area contributed by atoms with Gasteiger partial charge in [0.15, 0.2) is 0 Å². The third kappa shape index (κ3) is 3.95. The number of nitrogens with zero attached hydrogens (tertiary/aromatic N) is 2. The number of likely N-dealkylation sites (N-methyl/N-ethyl adjacent to an activating group) is 1. The zero-order chi connectivity index (χ0) is 14.4. The van der Waals surface area contributed by atoms with E-state index in [9.17, 15) is 4.79 Å². The summed E-state index contributed by atoms with van der Waals surface area (Å²) in [6, 6.07) is 0.779. The monoisotopic (exact) mass is 281 g/mol. The van der Waals surface area contributed by atoms with Crippen LogP contribution in [0.25, 0.3) is 0 Å². The van der Waals surface area contributed by atoms with Crippen LogP contribution in [-0.2, 0) is 4.79 Å². The SMILES string of the molecule is CCCCCN(C)C(=O)C1CCCN1C1CCNCC1. The maximum Gasteiger partial charge on any atom is 0.239 e. The van der Waals surface area contributed by atoms with E-state index < -0.39 is 0 Å². The van der Waals surface area contributed by atoms with Crippen LogP contribution in [-0.4, -0.2) is 61.0 Å². The summed E-state index contributed by atoms with van der Waals surface area (Å²) < 4.78 is 0.